The van der Waals surface area contributed by atoms with E-state index >= 15 is 0 Å². The van der Waals surface area contributed by atoms with Gasteiger partial charge in [-0.25, -0.2) is 9.97 Å². The van der Waals surface area contributed by atoms with E-state index in [4.69, 9.17) is 0 Å². The lowest BCUT2D eigenvalue weighted by molar-refractivity contribution is -0.137. The van der Waals surface area contributed by atoms with E-state index in [1.165, 1.54) is 29.1 Å². The van der Waals surface area contributed by atoms with Crippen LogP contribution in [-0.4, -0.2) is 87.1 Å². The van der Waals surface area contributed by atoms with Gasteiger partial charge in [0, 0.05) is 73.8 Å². The Morgan fingerprint density at radius 3 is 2.50 bits per heavy atom. The molecule has 3 N–H and O–H groups in total. The monoisotopic (exact) mass is 608 g/mol. The molecule has 1 fully saturated rings. The SMILES string of the molecule is CC(O)CNc1nccc(-n2ccnc2C(=O)c2cccc(NC(=O)c3cc(N4CCN(C)CC4)cc(C(F)(F)F)c3)c2)n1. The van der Waals surface area contributed by atoms with Crippen LogP contribution >= 0.6 is 0 Å². The van der Waals surface area contributed by atoms with E-state index in [2.05, 4.69) is 30.5 Å². The van der Waals surface area contributed by atoms with E-state index in [-0.39, 0.29) is 35.1 Å². The van der Waals surface area contributed by atoms with Gasteiger partial charge in [0.2, 0.25) is 11.7 Å². The Bertz CT molecular complexity index is 1650. The number of aliphatic hydroxyl groups is 1. The molecule has 44 heavy (non-hydrogen) atoms. The number of alkyl halides is 3. The second-order valence-corrected chi connectivity index (χ2v) is 10.5. The number of benzene rings is 2. The first-order chi connectivity index (χ1) is 21.0. The fraction of sp³-hybridized carbons (Fsp3) is 0.300. The van der Waals surface area contributed by atoms with Gasteiger partial charge in [0.1, 0.15) is 5.82 Å². The molecule has 4 aromatic rings. The third-order valence-electron chi connectivity index (χ3n) is 7.05. The Hall–Kier alpha value is -4.82. The van der Waals surface area contributed by atoms with E-state index in [0.717, 1.165) is 12.1 Å². The molecule has 230 valence electrons. The predicted molar refractivity (Wildman–Crippen MR) is 158 cm³/mol. The molecular weight excluding hydrogens is 577 g/mol. The van der Waals surface area contributed by atoms with Crippen LogP contribution in [-0.2, 0) is 6.18 Å². The quantitative estimate of drug-likeness (QED) is 0.244. The molecule has 14 heteroatoms. The zero-order valence-corrected chi connectivity index (χ0v) is 24.0. The number of ketones is 1. The fourth-order valence-corrected chi connectivity index (χ4v) is 4.69. The van der Waals surface area contributed by atoms with Crippen LogP contribution in [0.1, 0.15) is 39.0 Å². The van der Waals surface area contributed by atoms with Gasteiger partial charge in [-0.05, 0) is 50.4 Å². The molecule has 0 spiro atoms. The minimum Gasteiger partial charge on any atom is -0.392 e. The molecule has 3 heterocycles. The van der Waals surface area contributed by atoms with Gasteiger partial charge < -0.3 is 25.5 Å². The predicted octanol–water partition coefficient (Wildman–Crippen LogP) is 3.71. The van der Waals surface area contributed by atoms with Crippen molar-refractivity contribution in [1.29, 1.82) is 0 Å². The number of aromatic nitrogens is 4. The van der Waals surface area contributed by atoms with Crippen molar-refractivity contribution in [3.8, 4) is 5.82 Å². The number of hydrogen-bond acceptors (Lipinski definition) is 9. The zero-order chi connectivity index (χ0) is 31.4. The summed E-state index contributed by atoms with van der Waals surface area (Å²) in [6.07, 6.45) is -0.752. The number of hydrogen-bond donors (Lipinski definition) is 3. The first kappa shape index (κ1) is 30.6. The number of nitrogens with zero attached hydrogens (tertiary/aromatic N) is 6. The van der Waals surface area contributed by atoms with Crippen molar-refractivity contribution in [2.24, 2.45) is 0 Å². The number of aliphatic hydroxyl groups excluding tert-OH is 1. The van der Waals surface area contributed by atoms with Gasteiger partial charge >= 0.3 is 6.18 Å². The highest BCUT2D eigenvalue weighted by molar-refractivity contribution is 6.09. The number of anilines is 3. The number of imidazole rings is 1. The maximum atomic E-state index is 13.8. The Kier molecular flexibility index (Phi) is 8.92. The van der Waals surface area contributed by atoms with Crippen LogP contribution < -0.4 is 15.5 Å². The molecule has 5 rings (SSSR count). The van der Waals surface area contributed by atoms with Crippen molar-refractivity contribution < 1.29 is 27.9 Å². The van der Waals surface area contributed by atoms with Gasteiger partial charge in [-0.15, -0.1) is 0 Å². The minimum absolute atomic E-state index is 0.0448. The van der Waals surface area contributed by atoms with Gasteiger partial charge in [0.15, 0.2) is 5.82 Å². The maximum Gasteiger partial charge on any atom is 0.416 e. The summed E-state index contributed by atoms with van der Waals surface area (Å²) in [7, 11) is 1.94. The normalized spacial score (nSPS) is 14.7. The second-order valence-electron chi connectivity index (χ2n) is 10.5. The lowest BCUT2D eigenvalue weighted by Crippen LogP contribution is -2.44. The Morgan fingerprint density at radius 1 is 1.00 bits per heavy atom. The van der Waals surface area contributed by atoms with Crippen molar-refractivity contribution in [2.45, 2.75) is 19.2 Å². The second kappa shape index (κ2) is 12.8. The lowest BCUT2D eigenvalue weighted by atomic mass is 10.1. The number of piperazine rings is 1. The van der Waals surface area contributed by atoms with Crippen LogP contribution in [0.5, 0.6) is 0 Å². The van der Waals surface area contributed by atoms with Crippen molar-refractivity contribution in [1.82, 2.24) is 24.4 Å². The fourth-order valence-electron chi connectivity index (χ4n) is 4.69. The highest BCUT2D eigenvalue weighted by Gasteiger charge is 2.33. The summed E-state index contributed by atoms with van der Waals surface area (Å²) < 4.78 is 42.8. The number of rotatable bonds is 9. The van der Waals surface area contributed by atoms with E-state index in [9.17, 15) is 27.9 Å². The molecule has 2 aromatic carbocycles. The van der Waals surface area contributed by atoms with Crippen molar-refractivity contribution in [3.63, 3.8) is 0 Å². The summed E-state index contributed by atoms with van der Waals surface area (Å²) in [5, 5.41) is 15.1. The van der Waals surface area contributed by atoms with Gasteiger partial charge in [-0.2, -0.15) is 18.2 Å². The summed E-state index contributed by atoms with van der Waals surface area (Å²) in [5.74, 6) is -0.552. The molecule has 1 atom stereocenters. The molecule has 1 aliphatic heterocycles. The topological polar surface area (TPSA) is 129 Å². The minimum atomic E-state index is -4.64. The van der Waals surface area contributed by atoms with Gasteiger partial charge in [0.05, 0.1) is 11.7 Å². The van der Waals surface area contributed by atoms with E-state index in [0.29, 0.717) is 37.7 Å². The number of likely N-dealkylation sites (N-methyl/N-ethyl adjacent to an activating group) is 1. The van der Waals surface area contributed by atoms with Crippen LogP contribution in [0.2, 0.25) is 0 Å². The number of amides is 1. The molecule has 0 saturated carbocycles. The molecule has 0 aliphatic carbocycles. The summed E-state index contributed by atoms with van der Waals surface area (Å²) in [5.41, 5.74) is -0.320. The van der Waals surface area contributed by atoms with Crippen LogP contribution in [0.3, 0.4) is 0 Å². The average molecular weight is 609 g/mol. The van der Waals surface area contributed by atoms with Crippen LogP contribution in [0.25, 0.3) is 5.82 Å². The summed E-state index contributed by atoms with van der Waals surface area (Å²) >= 11 is 0. The number of carbonyl (C=O) groups excluding carboxylic acids is 2. The van der Waals surface area contributed by atoms with E-state index in [1.807, 2.05) is 11.9 Å². The first-order valence-corrected chi connectivity index (χ1v) is 13.9. The third kappa shape index (κ3) is 7.21. The van der Waals surface area contributed by atoms with Gasteiger partial charge in [-0.1, -0.05) is 12.1 Å². The largest absolute Gasteiger partial charge is 0.416 e. The standard InChI is InChI=1S/C30H31F3N8O3/c1-19(42)18-36-29-35-7-6-25(38-29)41-9-8-34-27(41)26(43)20-4-3-5-23(15-20)37-28(44)21-14-22(30(31,32)33)17-24(16-21)40-12-10-39(2)11-13-40/h3-9,14-17,19,42H,10-13,18H2,1-2H3,(H,37,44)(H,35,36,38). The molecule has 1 amide bonds. The van der Waals surface area contributed by atoms with Gasteiger partial charge in [-0.3, -0.25) is 14.2 Å². The lowest BCUT2D eigenvalue weighted by Gasteiger charge is -2.34. The number of nitrogens with one attached hydrogen (secondary N) is 2. The molecule has 1 saturated heterocycles. The zero-order valence-electron chi connectivity index (χ0n) is 24.0. The van der Waals surface area contributed by atoms with Crippen LogP contribution in [0.15, 0.2) is 67.1 Å². The third-order valence-corrected chi connectivity index (χ3v) is 7.05. The highest BCUT2D eigenvalue weighted by atomic mass is 19.4. The molecule has 0 bridgehead atoms. The molecule has 1 unspecified atom stereocenters. The number of carbonyl (C=O) groups is 2. The van der Waals surface area contributed by atoms with Crippen molar-refractivity contribution >= 4 is 29.0 Å². The molecule has 0 radical (unpaired) electrons. The molecule has 11 nitrogen and oxygen atoms in total. The van der Waals surface area contributed by atoms with E-state index in [1.54, 1.807) is 37.4 Å². The van der Waals surface area contributed by atoms with Crippen LogP contribution in [0, 0.1) is 0 Å². The highest BCUT2D eigenvalue weighted by Crippen LogP contribution is 2.33. The van der Waals surface area contributed by atoms with E-state index < -0.39 is 29.5 Å². The van der Waals surface area contributed by atoms with Crippen molar-refractivity contribution in [2.75, 3.05) is 55.3 Å². The Morgan fingerprint density at radius 2 is 1.77 bits per heavy atom. The Labute approximate surface area is 251 Å². The summed E-state index contributed by atoms with van der Waals surface area (Å²) in [6, 6.07) is 11.0. The summed E-state index contributed by atoms with van der Waals surface area (Å²) in [6.45, 7) is 4.30. The Balaban J connectivity index is 1.37. The smallest absolute Gasteiger partial charge is 0.392 e. The van der Waals surface area contributed by atoms with Crippen LogP contribution in [0.4, 0.5) is 30.5 Å². The number of halogens is 3. The first-order valence-electron chi connectivity index (χ1n) is 13.9. The molecular formula is C30H31F3N8O3. The van der Waals surface area contributed by atoms with Crippen molar-refractivity contribution in [3.05, 3.63) is 89.6 Å². The molecule has 2 aromatic heterocycles. The molecule has 1 aliphatic rings. The summed E-state index contributed by atoms with van der Waals surface area (Å²) in [4.78, 5) is 43.3. The van der Waals surface area contributed by atoms with Gasteiger partial charge in [0.25, 0.3) is 5.91 Å². The maximum absolute atomic E-state index is 13.8. The average Bonchev–Trinajstić information content (AvgIpc) is 3.50.